The standard InChI is InChI=1S/C10H13BrN4O2S2/c1-16-9(17-2)5-15-10(12-13-14-15)18-6-7-3-4-8(11)19-7/h3-4,9H,5-6H2,1-2H3. The molecule has 0 atom stereocenters. The number of ether oxygens (including phenoxy) is 2. The number of methoxy groups -OCH3 is 2. The molecule has 2 heterocycles. The van der Waals surface area contributed by atoms with Crippen LogP contribution in [0.15, 0.2) is 21.1 Å². The lowest BCUT2D eigenvalue weighted by Gasteiger charge is -2.13. The monoisotopic (exact) mass is 364 g/mol. The van der Waals surface area contributed by atoms with E-state index in [1.54, 1.807) is 42.0 Å². The van der Waals surface area contributed by atoms with Gasteiger partial charge in [-0.3, -0.25) is 0 Å². The minimum atomic E-state index is -0.348. The number of halogens is 1. The highest BCUT2D eigenvalue weighted by atomic mass is 79.9. The van der Waals surface area contributed by atoms with Crippen molar-refractivity contribution in [2.75, 3.05) is 14.2 Å². The summed E-state index contributed by atoms with van der Waals surface area (Å²) >= 11 is 6.74. The van der Waals surface area contributed by atoms with Gasteiger partial charge in [0.05, 0.1) is 10.3 Å². The normalized spacial score (nSPS) is 11.4. The predicted molar refractivity (Wildman–Crippen MR) is 77.2 cm³/mol. The van der Waals surface area contributed by atoms with E-state index in [1.165, 1.54) is 4.88 Å². The van der Waals surface area contributed by atoms with E-state index >= 15 is 0 Å². The molecule has 0 radical (unpaired) electrons. The van der Waals surface area contributed by atoms with Gasteiger partial charge in [-0.05, 0) is 38.5 Å². The lowest BCUT2D eigenvalue weighted by Crippen LogP contribution is -2.21. The largest absolute Gasteiger partial charge is 0.354 e. The molecule has 0 bridgehead atoms. The first-order valence-corrected chi connectivity index (χ1v) is 8.01. The fourth-order valence-corrected chi connectivity index (χ4v) is 3.78. The molecule has 0 saturated carbocycles. The molecule has 0 unspecified atom stereocenters. The van der Waals surface area contributed by atoms with E-state index in [1.807, 2.05) is 6.07 Å². The van der Waals surface area contributed by atoms with Crippen molar-refractivity contribution in [3.8, 4) is 0 Å². The quantitative estimate of drug-likeness (QED) is 0.555. The van der Waals surface area contributed by atoms with Gasteiger partial charge >= 0.3 is 0 Å². The van der Waals surface area contributed by atoms with Crippen molar-refractivity contribution in [2.24, 2.45) is 0 Å². The second-order valence-corrected chi connectivity index (χ2v) is 7.03. The van der Waals surface area contributed by atoms with Crippen molar-refractivity contribution in [3.63, 3.8) is 0 Å². The number of aromatic nitrogens is 4. The van der Waals surface area contributed by atoms with Crippen LogP contribution in [0.25, 0.3) is 0 Å². The summed E-state index contributed by atoms with van der Waals surface area (Å²) in [7, 11) is 3.18. The maximum atomic E-state index is 5.14. The highest BCUT2D eigenvalue weighted by Crippen LogP contribution is 2.28. The molecular weight excluding hydrogens is 352 g/mol. The fraction of sp³-hybridized carbons (Fsp3) is 0.500. The molecule has 0 aliphatic rings. The number of thiophene rings is 1. The summed E-state index contributed by atoms with van der Waals surface area (Å²) in [5.74, 6) is 0.835. The first-order chi connectivity index (χ1) is 9.22. The smallest absolute Gasteiger partial charge is 0.209 e. The molecule has 19 heavy (non-hydrogen) atoms. The van der Waals surface area contributed by atoms with Crippen LogP contribution < -0.4 is 0 Å². The number of nitrogens with zero attached hydrogens (tertiary/aromatic N) is 4. The van der Waals surface area contributed by atoms with E-state index in [2.05, 4.69) is 37.5 Å². The first-order valence-electron chi connectivity index (χ1n) is 5.41. The average Bonchev–Trinajstić information content (AvgIpc) is 3.02. The summed E-state index contributed by atoms with van der Waals surface area (Å²) in [6.45, 7) is 0.469. The van der Waals surface area contributed by atoms with E-state index in [4.69, 9.17) is 9.47 Å². The van der Waals surface area contributed by atoms with Gasteiger partial charge in [0.1, 0.15) is 0 Å². The summed E-state index contributed by atoms with van der Waals surface area (Å²) in [4.78, 5) is 1.27. The molecule has 2 aromatic rings. The molecule has 0 fully saturated rings. The Labute approximate surface area is 127 Å². The summed E-state index contributed by atoms with van der Waals surface area (Å²) in [6, 6.07) is 4.12. The SMILES string of the molecule is COC(Cn1nnnc1SCc1ccc(Br)s1)OC. The van der Waals surface area contributed by atoms with E-state index < -0.39 is 0 Å². The van der Waals surface area contributed by atoms with Crippen LogP contribution in [-0.2, 0) is 21.8 Å². The van der Waals surface area contributed by atoms with Gasteiger partial charge in [-0.2, -0.15) is 0 Å². The Kier molecular flexibility index (Phi) is 5.76. The van der Waals surface area contributed by atoms with Crippen molar-refractivity contribution in [2.45, 2.75) is 23.7 Å². The average molecular weight is 365 g/mol. The number of rotatable bonds is 7. The van der Waals surface area contributed by atoms with Crippen LogP contribution in [0.2, 0.25) is 0 Å². The van der Waals surface area contributed by atoms with Crippen molar-refractivity contribution >= 4 is 39.0 Å². The minimum absolute atomic E-state index is 0.348. The summed E-state index contributed by atoms with van der Waals surface area (Å²) in [6.07, 6.45) is -0.348. The fourth-order valence-electron chi connectivity index (χ4n) is 1.37. The molecule has 0 saturated heterocycles. The lowest BCUT2D eigenvalue weighted by atomic mass is 10.5. The zero-order chi connectivity index (χ0) is 13.7. The van der Waals surface area contributed by atoms with E-state index in [9.17, 15) is 0 Å². The Morgan fingerprint density at radius 2 is 2.21 bits per heavy atom. The van der Waals surface area contributed by atoms with E-state index in [0.717, 1.165) is 14.7 Å². The van der Waals surface area contributed by atoms with Crippen LogP contribution in [0.5, 0.6) is 0 Å². The Bertz CT molecular complexity index is 515. The molecule has 0 amide bonds. The third kappa shape index (κ3) is 4.25. The molecule has 2 rings (SSSR count). The third-order valence-electron chi connectivity index (χ3n) is 2.32. The number of hydrogen-bond acceptors (Lipinski definition) is 7. The molecule has 9 heteroatoms. The van der Waals surface area contributed by atoms with Gasteiger partial charge < -0.3 is 9.47 Å². The van der Waals surface area contributed by atoms with Gasteiger partial charge in [0.25, 0.3) is 0 Å². The van der Waals surface area contributed by atoms with Gasteiger partial charge in [-0.15, -0.1) is 16.4 Å². The van der Waals surface area contributed by atoms with E-state index in [-0.39, 0.29) is 6.29 Å². The van der Waals surface area contributed by atoms with Crippen LogP contribution in [0.4, 0.5) is 0 Å². The molecule has 0 N–H and O–H groups in total. The zero-order valence-corrected chi connectivity index (χ0v) is 13.7. The van der Waals surface area contributed by atoms with E-state index in [0.29, 0.717) is 6.54 Å². The van der Waals surface area contributed by atoms with Gasteiger partial charge in [0.15, 0.2) is 6.29 Å². The molecule has 104 valence electrons. The van der Waals surface area contributed by atoms with Crippen LogP contribution in [-0.4, -0.2) is 40.7 Å². The molecule has 2 aromatic heterocycles. The van der Waals surface area contributed by atoms with Gasteiger partial charge in [-0.1, -0.05) is 11.8 Å². The van der Waals surface area contributed by atoms with Crippen LogP contribution in [0, 0.1) is 0 Å². The summed E-state index contributed by atoms with van der Waals surface area (Å²) in [5.41, 5.74) is 0. The number of thioether (sulfide) groups is 1. The maximum Gasteiger partial charge on any atom is 0.209 e. The Balaban J connectivity index is 1.95. The van der Waals surface area contributed by atoms with Crippen molar-refractivity contribution < 1.29 is 9.47 Å². The summed E-state index contributed by atoms with van der Waals surface area (Å²) < 4.78 is 13.1. The summed E-state index contributed by atoms with van der Waals surface area (Å²) in [5, 5.41) is 12.4. The Hall–Kier alpha value is -0.480. The topological polar surface area (TPSA) is 62.1 Å². The molecule has 0 spiro atoms. The van der Waals surface area contributed by atoms with Crippen LogP contribution in [0.1, 0.15) is 4.88 Å². The first kappa shape index (κ1) is 14.9. The Morgan fingerprint density at radius 1 is 1.42 bits per heavy atom. The molecular formula is C10H13BrN4O2S2. The number of tetrazole rings is 1. The Morgan fingerprint density at radius 3 is 2.84 bits per heavy atom. The highest BCUT2D eigenvalue weighted by Gasteiger charge is 2.13. The van der Waals surface area contributed by atoms with Gasteiger partial charge in [0.2, 0.25) is 5.16 Å². The highest BCUT2D eigenvalue weighted by molar-refractivity contribution is 9.11. The van der Waals surface area contributed by atoms with Gasteiger partial charge in [-0.25, -0.2) is 4.68 Å². The zero-order valence-electron chi connectivity index (χ0n) is 10.4. The second kappa shape index (κ2) is 7.34. The van der Waals surface area contributed by atoms with Crippen LogP contribution in [0.3, 0.4) is 0 Å². The predicted octanol–water partition coefficient (Wildman–Crippen LogP) is 2.41. The third-order valence-corrected chi connectivity index (χ3v) is 5.13. The molecule has 6 nitrogen and oxygen atoms in total. The van der Waals surface area contributed by atoms with Crippen molar-refractivity contribution in [1.82, 2.24) is 20.2 Å². The van der Waals surface area contributed by atoms with Crippen molar-refractivity contribution in [3.05, 3.63) is 20.8 Å². The maximum absolute atomic E-state index is 5.14. The van der Waals surface area contributed by atoms with Gasteiger partial charge in [0, 0.05) is 24.8 Å². The molecule has 0 aromatic carbocycles. The minimum Gasteiger partial charge on any atom is -0.354 e. The molecule has 0 aliphatic heterocycles. The number of hydrogen-bond donors (Lipinski definition) is 0. The van der Waals surface area contributed by atoms with Crippen molar-refractivity contribution in [1.29, 1.82) is 0 Å². The second-order valence-electron chi connectivity index (χ2n) is 3.54. The van der Waals surface area contributed by atoms with Crippen LogP contribution >= 0.6 is 39.0 Å². The molecule has 0 aliphatic carbocycles. The lowest BCUT2D eigenvalue weighted by molar-refractivity contribution is -0.113.